The van der Waals surface area contributed by atoms with Crippen molar-refractivity contribution in [1.29, 1.82) is 0 Å². The molecule has 0 bridgehead atoms. The molecule has 4 aromatic rings. The van der Waals surface area contributed by atoms with Crippen LogP contribution in [-0.2, 0) is 29.8 Å². The normalized spacial score (nSPS) is 14.1. The smallest absolute Gasteiger partial charge is 0.00476 e. The summed E-state index contributed by atoms with van der Waals surface area (Å²) in [6.07, 6.45) is 1.13. The van der Waals surface area contributed by atoms with Crippen LogP contribution in [-0.4, -0.2) is 5.43 Å². The largest absolute Gasteiger partial charge is 1.00 e. The molecule has 1 atom stereocenters. The summed E-state index contributed by atoms with van der Waals surface area (Å²) in [7, 11) is 0. The van der Waals surface area contributed by atoms with Gasteiger partial charge in [0.2, 0.25) is 0 Å². The predicted molar refractivity (Wildman–Crippen MR) is 111 cm³/mol. The summed E-state index contributed by atoms with van der Waals surface area (Å²) in [5.41, 5.74) is 6.05. The second-order valence-electron chi connectivity index (χ2n) is 7.50. The summed E-state index contributed by atoms with van der Waals surface area (Å²) >= 11 is 1.74. The number of halogens is 2. The Kier molecular flexibility index (Phi) is 8.23. The molecule has 1 unspecified atom stereocenters. The molecule has 5 rings (SSSR count). The summed E-state index contributed by atoms with van der Waals surface area (Å²) in [6, 6.07) is 24.9. The first kappa shape index (κ1) is 23.5. The van der Waals surface area contributed by atoms with E-state index in [1.54, 1.807) is 23.3 Å². The molecule has 0 aliphatic heterocycles. The Morgan fingerprint density at radius 2 is 1.54 bits per heavy atom. The maximum atomic E-state index is 2.34. The maximum Gasteiger partial charge on any atom is 0.00476 e. The van der Waals surface area contributed by atoms with Crippen molar-refractivity contribution >= 4 is 27.0 Å². The Hall–Kier alpha value is -0.790. The van der Waals surface area contributed by atoms with Crippen LogP contribution < -0.4 is 24.8 Å². The van der Waals surface area contributed by atoms with Gasteiger partial charge < -0.3 is 24.8 Å². The predicted octanol–water partition coefficient (Wildman–Crippen LogP) is 0.501. The fraction of sp³-hybridized carbons (Fsp3) is 0.208. The van der Waals surface area contributed by atoms with E-state index in [0.29, 0.717) is 5.92 Å². The minimum absolute atomic E-state index is 0. The summed E-state index contributed by atoms with van der Waals surface area (Å²) < 4.78 is 0. The van der Waals surface area contributed by atoms with E-state index in [2.05, 4.69) is 86.7 Å². The molecule has 0 radical (unpaired) electrons. The molecule has 1 aliphatic carbocycles. The Morgan fingerprint density at radius 3 is 2.25 bits per heavy atom. The summed E-state index contributed by atoms with van der Waals surface area (Å²) in [6.45, 7) is 6.81. The van der Waals surface area contributed by atoms with Gasteiger partial charge in [0.15, 0.2) is 0 Å². The van der Waals surface area contributed by atoms with E-state index in [4.69, 9.17) is 0 Å². The molecule has 0 amide bonds. The third-order valence-corrected chi connectivity index (χ3v) is 5.13. The monoisotopic (exact) mass is 499 g/mol. The molecule has 4 aromatic carbocycles. The molecule has 0 aromatic heterocycles. The molecule has 0 fully saturated rings. The van der Waals surface area contributed by atoms with Crippen LogP contribution in [0.3, 0.4) is 0 Å². The molecule has 0 saturated carbocycles. The molecule has 4 heteroatoms. The van der Waals surface area contributed by atoms with Gasteiger partial charge in [0, 0.05) is 5.92 Å². The molecule has 0 spiro atoms. The van der Waals surface area contributed by atoms with Crippen LogP contribution in [0, 0.1) is 6.92 Å². The van der Waals surface area contributed by atoms with Gasteiger partial charge in [-0.2, -0.15) is 6.07 Å². The second-order valence-corrected chi connectivity index (χ2v) is 16.9. The molecule has 0 nitrogen and oxygen atoms in total. The van der Waals surface area contributed by atoms with E-state index in [-0.39, 0.29) is 30.2 Å². The minimum Gasteiger partial charge on any atom is -1.00 e. The molecule has 0 N–H and O–H groups in total. The van der Waals surface area contributed by atoms with E-state index in [9.17, 15) is 0 Å². The molecular formula is C24H23Cl2SiZr-. The zero-order valence-corrected chi connectivity index (χ0v) is 21.4. The van der Waals surface area contributed by atoms with Crippen LogP contribution in [0.4, 0.5) is 0 Å². The first-order valence-corrected chi connectivity index (χ1v) is 15.4. The van der Waals surface area contributed by atoms with Crippen molar-refractivity contribution in [3.8, 4) is 0 Å². The zero-order valence-electron chi connectivity index (χ0n) is 16.4. The van der Waals surface area contributed by atoms with Gasteiger partial charge in [-0.1, -0.05) is 55.0 Å². The second kappa shape index (κ2) is 9.81. The van der Waals surface area contributed by atoms with Gasteiger partial charge in [-0.25, -0.2) is 0 Å². The van der Waals surface area contributed by atoms with Crippen molar-refractivity contribution in [3.05, 3.63) is 89.0 Å². The van der Waals surface area contributed by atoms with Gasteiger partial charge in [-0.05, 0) is 28.3 Å². The molecule has 0 heterocycles. The summed E-state index contributed by atoms with van der Waals surface area (Å²) in [4.78, 5) is 0. The first-order chi connectivity index (χ1) is 12.5. The van der Waals surface area contributed by atoms with Gasteiger partial charge in [-0.15, -0.1) is 34.5 Å². The van der Waals surface area contributed by atoms with E-state index in [1.165, 1.54) is 43.8 Å². The topological polar surface area (TPSA) is 0 Å². The molecular weight excluding hydrogens is 478 g/mol. The molecule has 28 heavy (non-hydrogen) atoms. The SMILES string of the molecule is C[Si](C)=[Zr+2].Cc1cc2c(C3Cc4cccc5cccc3c45)cccc2[cH-]1.[Cl-].[Cl-]. The first-order valence-electron chi connectivity index (χ1n) is 9.23. The summed E-state index contributed by atoms with van der Waals surface area (Å²) in [5, 5.41) is 5.66. The van der Waals surface area contributed by atoms with Crippen LogP contribution in [0.1, 0.15) is 28.2 Å². The van der Waals surface area contributed by atoms with E-state index in [0.717, 1.165) is 6.42 Å². The van der Waals surface area contributed by atoms with Crippen molar-refractivity contribution in [2.75, 3.05) is 0 Å². The number of hydrogen-bond acceptors (Lipinski definition) is 0. The molecule has 0 saturated heterocycles. The minimum atomic E-state index is 0. The Morgan fingerprint density at radius 1 is 0.929 bits per heavy atom. The number of rotatable bonds is 1. The van der Waals surface area contributed by atoms with Crippen LogP contribution in [0.2, 0.25) is 13.1 Å². The number of aryl methyl sites for hydroxylation is 1. The fourth-order valence-corrected chi connectivity index (χ4v) is 4.23. The number of hydrogen-bond donors (Lipinski definition) is 0. The van der Waals surface area contributed by atoms with Crippen molar-refractivity contribution in [1.82, 2.24) is 0 Å². The third-order valence-electron chi connectivity index (χ3n) is 5.13. The molecule has 1 aliphatic rings. The van der Waals surface area contributed by atoms with Gasteiger partial charge in [0.05, 0.1) is 0 Å². The maximum absolute atomic E-state index is 2.34. The Balaban J connectivity index is 0.000000431. The van der Waals surface area contributed by atoms with Crippen molar-refractivity contribution in [2.45, 2.75) is 32.4 Å². The molecule has 142 valence electrons. The van der Waals surface area contributed by atoms with E-state index in [1.807, 2.05) is 0 Å². The Bertz CT molecular complexity index is 1120. The van der Waals surface area contributed by atoms with Crippen LogP contribution in [0.25, 0.3) is 21.5 Å². The van der Waals surface area contributed by atoms with Crippen LogP contribution in [0.5, 0.6) is 0 Å². The van der Waals surface area contributed by atoms with Crippen molar-refractivity contribution < 1.29 is 48.1 Å². The van der Waals surface area contributed by atoms with Gasteiger partial charge >= 0.3 is 41.9 Å². The fourth-order valence-electron chi connectivity index (χ4n) is 4.23. The standard InChI is InChI=1S/C22H17.C2H6Si.2ClH.Zr/c1-14-11-16-7-4-9-18(20(16)12-14)21-13-17-8-2-5-15-6-3-10-19(21)22(15)17;1-3-2;;;/h2-12,21H,13H2,1H3;1-2H3;2*1H;/q-1;;;;+2/p-2. The van der Waals surface area contributed by atoms with Crippen molar-refractivity contribution in [3.63, 3.8) is 0 Å². The third kappa shape index (κ3) is 4.51. The quantitative estimate of drug-likeness (QED) is 0.263. The van der Waals surface area contributed by atoms with Gasteiger partial charge in [0.1, 0.15) is 0 Å². The van der Waals surface area contributed by atoms with Crippen LogP contribution in [0.15, 0.2) is 66.7 Å². The van der Waals surface area contributed by atoms with Crippen LogP contribution >= 0.6 is 0 Å². The summed E-state index contributed by atoms with van der Waals surface area (Å²) in [5.74, 6) is 0.492. The average molecular weight is 502 g/mol. The average Bonchev–Trinajstić information content (AvgIpc) is 3.16. The van der Waals surface area contributed by atoms with Gasteiger partial charge in [-0.3, -0.25) is 0 Å². The van der Waals surface area contributed by atoms with Gasteiger partial charge in [0.25, 0.3) is 0 Å². The van der Waals surface area contributed by atoms with E-state index < -0.39 is 0 Å². The number of benzene rings is 3. The van der Waals surface area contributed by atoms with E-state index >= 15 is 0 Å². The Labute approximate surface area is 195 Å². The van der Waals surface area contributed by atoms with Crippen molar-refractivity contribution in [2.24, 2.45) is 0 Å². The number of fused-ring (bicyclic) bond motifs is 1. The zero-order chi connectivity index (χ0) is 18.3.